The first kappa shape index (κ1) is 25.8. The molecule has 0 radical (unpaired) electrons. The van der Waals surface area contributed by atoms with E-state index < -0.39 is 17.6 Å². The molecule has 2 aliphatic rings. The van der Waals surface area contributed by atoms with Crippen molar-refractivity contribution in [1.82, 2.24) is 19.6 Å². The highest BCUT2D eigenvalue weighted by molar-refractivity contribution is 8.26. The SMILES string of the molecule is CCCCN1C(=O)/C(=C\c2c(N3CCNC(=O)C3CC(=O)OCC)nc3ccccn3c2=O)SC1=S. The Kier molecular flexibility index (Phi) is 8.04. The monoisotopic (exact) mass is 529 g/mol. The summed E-state index contributed by atoms with van der Waals surface area (Å²) in [5, 5.41) is 2.76. The van der Waals surface area contributed by atoms with Crippen LogP contribution < -0.4 is 15.8 Å². The van der Waals surface area contributed by atoms with Crippen LogP contribution in [0.15, 0.2) is 34.1 Å². The van der Waals surface area contributed by atoms with Gasteiger partial charge in [-0.3, -0.25) is 28.5 Å². The van der Waals surface area contributed by atoms with Gasteiger partial charge < -0.3 is 15.0 Å². The van der Waals surface area contributed by atoms with E-state index in [4.69, 9.17) is 21.9 Å². The Morgan fingerprint density at radius 2 is 2.11 bits per heavy atom. The predicted molar refractivity (Wildman–Crippen MR) is 142 cm³/mol. The third kappa shape index (κ3) is 5.14. The van der Waals surface area contributed by atoms with E-state index in [9.17, 15) is 19.2 Å². The number of pyridine rings is 1. The van der Waals surface area contributed by atoms with Gasteiger partial charge in [0.1, 0.15) is 21.8 Å². The molecule has 2 saturated heterocycles. The van der Waals surface area contributed by atoms with Crippen molar-refractivity contribution in [3.8, 4) is 0 Å². The number of carbonyl (C=O) groups excluding carboxylic acids is 3. The van der Waals surface area contributed by atoms with Crippen molar-refractivity contribution < 1.29 is 19.1 Å². The van der Waals surface area contributed by atoms with E-state index in [0.717, 1.165) is 24.6 Å². The summed E-state index contributed by atoms with van der Waals surface area (Å²) in [7, 11) is 0. The lowest BCUT2D eigenvalue weighted by atomic mass is 10.1. The van der Waals surface area contributed by atoms with Crippen molar-refractivity contribution in [2.75, 3.05) is 31.1 Å². The molecule has 2 aromatic rings. The van der Waals surface area contributed by atoms with Crippen molar-refractivity contribution in [3.63, 3.8) is 0 Å². The number of unbranched alkanes of at least 4 members (excludes halogenated alkanes) is 1. The Hall–Kier alpha value is -3.25. The van der Waals surface area contributed by atoms with Crippen molar-refractivity contribution in [1.29, 1.82) is 0 Å². The molecule has 1 N–H and O–H groups in total. The maximum Gasteiger partial charge on any atom is 0.308 e. The number of thiocarbonyl (C=S) groups is 1. The number of thioether (sulfide) groups is 1. The number of esters is 1. The highest BCUT2D eigenvalue weighted by atomic mass is 32.2. The van der Waals surface area contributed by atoms with Gasteiger partial charge in [0.15, 0.2) is 0 Å². The average Bonchev–Trinajstić information content (AvgIpc) is 3.12. The highest BCUT2D eigenvalue weighted by Crippen LogP contribution is 2.34. The van der Waals surface area contributed by atoms with E-state index in [1.807, 2.05) is 6.92 Å². The highest BCUT2D eigenvalue weighted by Gasteiger charge is 2.36. The molecule has 2 amide bonds. The van der Waals surface area contributed by atoms with Crippen LogP contribution in [-0.2, 0) is 19.1 Å². The fourth-order valence-corrected chi connectivity index (χ4v) is 5.42. The van der Waals surface area contributed by atoms with Gasteiger partial charge >= 0.3 is 5.97 Å². The molecular formula is C24H27N5O5S2. The second kappa shape index (κ2) is 11.2. The normalized spacial score (nSPS) is 19.3. The van der Waals surface area contributed by atoms with Gasteiger partial charge in [-0.2, -0.15) is 0 Å². The number of carbonyl (C=O) groups is 3. The van der Waals surface area contributed by atoms with Crippen LogP contribution in [0.3, 0.4) is 0 Å². The van der Waals surface area contributed by atoms with Gasteiger partial charge in [-0.1, -0.05) is 43.4 Å². The Labute approximate surface area is 217 Å². The first-order chi connectivity index (χ1) is 17.3. The molecule has 12 heteroatoms. The minimum atomic E-state index is -0.915. The first-order valence-corrected chi connectivity index (χ1v) is 13.0. The van der Waals surface area contributed by atoms with Gasteiger partial charge in [0, 0.05) is 25.8 Å². The summed E-state index contributed by atoms with van der Waals surface area (Å²) in [6.45, 7) is 5.05. The number of nitrogens with zero attached hydrogens (tertiary/aromatic N) is 4. The van der Waals surface area contributed by atoms with Crippen molar-refractivity contribution >= 4 is 63.6 Å². The lowest BCUT2D eigenvalue weighted by Gasteiger charge is -2.36. The van der Waals surface area contributed by atoms with Gasteiger partial charge in [0.2, 0.25) is 5.91 Å². The van der Waals surface area contributed by atoms with Gasteiger partial charge in [-0.05, 0) is 31.6 Å². The van der Waals surface area contributed by atoms with Crippen LogP contribution in [0.1, 0.15) is 38.7 Å². The summed E-state index contributed by atoms with van der Waals surface area (Å²) in [4.78, 5) is 60.0. The second-order valence-corrected chi connectivity index (χ2v) is 9.96. The number of aromatic nitrogens is 2. The third-order valence-corrected chi connectivity index (χ3v) is 7.28. The quantitative estimate of drug-likeness (QED) is 0.311. The number of anilines is 1. The number of hydrogen-bond acceptors (Lipinski definition) is 9. The third-order valence-electron chi connectivity index (χ3n) is 5.90. The molecule has 0 aromatic carbocycles. The second-order valence-electron chi connectivity index (χ2n) is 8.28. The zero-order valence-electron chi connectivity index (χ0n) is 20.1. The van der Waals surface area contributed by atoms with Crippen LogP contribution in [0.25, 0.3) is 11.7 Å². The zero-order valence-corrected chi connectivity index (χ0v) is 21.7. The molecule has 0 spiro atoms. The van der Waals surface area contributed by atoms with Crippen LogP contribution in [-0.4, -0.2) is 68.7 Å². The van der Waals surface area contributed by atoms with Gasteiger partial charge in [0.25, 0.3) is 11.5 Å². The van der Waals surface area contributed by atoms with Crippen molar-refractivity contribution in [2.45, 2.75) is 39.2 Å². The molecule has 2 fully saturated rings. The molecule has 36 heavy (non-hydrogen) atoms. The Morgan fingerprint density at radius 3 is 2.86 bits per heavy atom. The number of rotatable bonds is 8. The summed E-state index contributed by atoms with van der Waals surface area (Å²) < 4.78 is 6.89. The minimum Gasteiger partial charge on any atom is -0.466 e. The summed E-state index contributed by atoms with van der Waals surface area (Å²) in [5.41, 5.74) is 0.138. The Balaban J connectivity index is 1.83. The van der Waals surface area contributed by atoms with Crippen LogP contribution in [0.2, 0.25) is 0 Å². The Bertz CT molecular complexity index is 1310. The van der Waals surface area contributed by atoms with E-state index in [0.29, 0.717) is 34.5 Å². The molecule has 4 heterocycles. The predicted octanol–water partition coefficient (Wildman–Crippen LogP) is 1.95. The molecule has 2 aliphatic heterocycles. The average molecular weight is 530 g/mol. The molecule has 190 valence electrons. The summed E-state index contributed by atoms with van der Waals surface area (Å²) in [5.74, 6) is -0.919. The van der Waals surface area contributed by atoms with Gasteiger partial charge in [-0.15, -0.1) is 0 Å². The van der Waals surface area contributed by atoms with Gasteiger partial charge in [-0.25, -0.2) is 4.98 Å². The van der Waals surface area contributed by atoms with Crippen molar-refractivity contribution in [2.24, 2.45) is 0 Å². The summed E-state index contributed by atoms with van der Waals surface area (Å²) in [6, 6.07) is 4.23. The zero-order chi connectivity index (χ0) is 25.8. The molecule has 1 atom stereocenters. The standard InChI is InChI=1S/C24H27N5O5S2/c1-3-5-10-29-23(33)17(36-24(29)35)13-15-20(26-18-8-6-7-11-28(18)22(15)32)27-12-9-25-21(31)16(27)14-19(30)34-4-2/h6-8,11,13,16H,3-5,9-10,12,14H2,1-2H3,(H,25,31)/b17-13+. The number of piperazine rings is 1. The maximum atomic E-state index is 13.6. The van der Waals surface area contributed by atoms with Gasteiger partial charge in [0.05, 0.1) is 23.5 Å². The molecule has 10 nitrogen and oxygen atoms in total. The van der Waals surface area contributed by atoms with Crippen molar-refractivity contribution in [3.05, 3.63) is 45.2 Å². The fraction of sp³-hybridized carbons (Fsp3) is 0.417. The van der Waals surface area contributed by atoms with Crippen LogP contribution >= 0.6 is 24.0 Å². The van der Waals surface area contributed by atoms with E-state index in [-0.39, 0.29) is 36.2 Å². The smallest absolute Gasteiger partial charge is 0.308 e. The lowest BCUT2D eigenvalue weighted by molar-refractivity contribution is -0.145. The molecule has 0 bridgehead atoms. The number of ether oxygens (including phenoxy) is 1. The number of nitrogens with one attached hydrogen (secondary N) is 1. The lowest BCUT2D eigenvalue weighted by Crippen LogP contribution is -2.57. The van der Waals surface area contributed by atoms with E-state index in [1.54, 1.807) is 41.1 Å². The Morgan fingerprint density at radius 1 is 1.31 bits per heavy atom. The topological polar surface area (TPSA) is 113 Å². The fourth-order valence-electron chi connectivity index (χ4n) is 4.13. The first-order valence-electron chi connectivity index (χ1n) is 11.8. The van der Waals surface area contributed by atoms with Crippen LogP contribution in [0.4, 0.5) is 5.82 Å². The molecule has 0 aliphatic carbocycles. The van der Waals surface area contributed by atoms with E-state index >= 15 is 0 Å². The number of hydrogen-bond donors (Lipinski definition) is 1. The molecule has 1 unspecified atom stereocenters. The van der Waals surface area contributed by atoms with E-state index in [1.165, 1.54) is 10.5 Å². The van der Waals surface area contributed by atoms with Crippen LogP contribution in [0.5, 0.6) is 0 Å². The van der Waals surface area contributed by atoms with Crippen LogP contribution in [0, 0.1) is 0 Å². The number of amides is 2. The summed E-state index contributed by atoms with van der Waals surface area (Å²) in [6.07, 6.45) is 4.62. The van der Waals surface area contributed by atoms with E-state index in [2.05, 4.69) is 5.32 Å². The molecule has 2 aromatic heterocycles. The largest absolute Gasteiger partial charge is 0.466 e. The molecule has 0 saturated carbocycles. The maximum absolute atomic E-state index is 13.6. The molecular weight excluding hydrogens is 502 g/mol. The molecule has 4 rings (SSSR count). The summed E-state index contributed by atoms with van der Waals surface area (Å²) >= 11 is 6.55. The number of fused-ring (bicyclic) bond motifs is 1. The minimum absolute atomic E-state index is 0.151.